The minimum atomic E-state index is 0.133. The molecule has 0 bridgehead atoms. The lowest BCUT2D eigenvalue weighted by Crippen LogP contribution is -2.35. The number of rotatable bonds is 3. The summed E-state index contributed by atoms with van der Waals surface area (Å²) >= 11 is 0. The van der Waals surface area contributed by atoms with E-state index in [0.717, 1.165) is 74.1 Å². The van der Waals surface area contributed by atoms with E-state index in [2.05, 4.69) is 0 Å². The van der Waals surface area contributed by atoms with Crippen molar-refractivity contribution >= 4 is 11.8 Å². The van der Waals surface area contributed by atoms with Crippen molar-refractivity contribution in [2.45, 2.75) is 38.5 Å². The van der Waals surface area contributed by atoms with E-state index >= 15 is 0 Å². The maximum atomic E-state index is 12.6. The summed E-state index contributed by atoms with van der Waals surface area (Å²) in [6.07, 6.45) is 6.86. The van der Waals surface area contributed by atoms with Crippen molar-refractivity contribution in [3.63, 3.8) is 0 Å². The Hall–Kier alpha value is -2.62. The summed E-state index contributed by atoms with van der Waals surface area (Å²) in [7, 11) is 0. The second-order valence-corrected chi connectivity index (χ2v) is 7.86. The molecule has 2 fully saturated rings. The zero-order valence-corrected chi connectivity index (χ0v) is 16.4. The SMILES string of the molecule is O=C(c1ccc(-c2ccc(C(=O)N3CCCCC3)cc2)cc1)N1CCCCC1. The van der Waals surface area contributed by atoms with Gasteiger partial charge in [0.05, 0.1) is 0 Å². The van der Waals surface area contributed by atoms with Crippen LogP contribution in [0.4, 0.5) is 0 Å². The largest absolute Gasteiger partial charge is 0.339 e. The van der Waals surface area contributed by atoms with Crippen LogP contribution >= 0.6 is 0 Å². The fraction of sp³-hybridized carbons (Fsp3) is 0.417. The van der Waals surface area contributed by atoms with E-state index in [1.54, 1.807) is 0 Å². The lowest BCUT2D eigenvalue weighted by molar-refractivity contribution is 0.0717. The predicted molar refractivity (Wildman–Crippen MR) is 111 cm³/mol. The second kappa shape index (κ2) is 8.59. The lowest BCUT2D eigenvalue weighted by Gasteiger charge is -2.27. The Bertz CT molecular complexity index is 743. The van der Waals surface area contributed by atoms with Crippen LogP contribution < -0.4 is 0 Å². The monoisotopic (exact) mass is 376 g/mol. The van der Waals surface area contributed by atoms with Crippen LogP contribution in [0.3, 0.4) is 0 Å². The van der Waals surface area contributed by atoms with Crippen molar-refractivity contribution in [1.29, 1.82) is 0 Å². The molecule has 0 aliphatic carbocycles. The van der Waals surface area contributed by atoms with Gasteiger partial charge in [-0.3, -0.25) is 9.59 Å². The van der Waals surface area contributed by atoms with Crippen molar-refractivity contribution in [1.82, 2.24) is 9.80 Å². The lowest BCUT2D eigenvalue weighted by atomic mass is 10.0. The van der Waals surface area contributed by atoms with Crippen LogP contribution in [-0.4, -0.2) is 47.8 Å². The van der Waals surface area contributed by atoms with E-state index in [4.69, 9.17) is 0 Å². The molecule has 2 aromatic rings. The van der Waals surface area contributed by atoms with E-state index < -0.39 is 0 Å². The molecule has 0 unspecified atom stereocenters. The van der Waals surface area contributed by atoms with Crippen LogP contribution in [0.1, 0.15) is 59.2 Å². The van der Waals surface area contributed by atoms with Crippen molar-refractivity contribution in [2.75, 3.05) is 26.2 Å². The van der Waals surface area contributed by atoms with E-state index in [1.807, 2.05) is 58.3 Å². The van der Waals surface area contributed by atoms with Crippen LogP contribution in [0.2, 0.25) is 0 Å². The minimum Gasteiger partial charge on any atom is -0.339 e. The highest BCUT2D eigenvalue weighted by Gasteiger charge is 2.19. The molecule has 146 valence electrons. The van der Waals surface area contributed by atoms with E-state index in [-0.39, 0.29) is 11.8 Å². The highest BCUT2D eigenvalue weighted by molar-refractivity contribution is 5.95. The summed E-state index contributed by atoms with van der Waals surface area (Å²) in [6, 6.07) is 15.7. The number of hydrogen-bond donors (Lipinski definition) is 0. The van der Waals surface area contributed by atoms with Gasteiger partial charge in [0.25, 0.3) is 11.8 Å². The summed E-state index contributed by atoms with van der Waals surface area (Å²) in [5, 5.41) is 0. The van der Waals surface area contributed by atoms with Crippen molar-refractivity contribution in [3.8, 4) is 11.1 Å². The molecule has 4 heteroatoms. The fourth-order valence-corrected chi connectivity index (χ4v) is 4.17. The quantitative estimate of drug-likeness (QED) is 0.785. The van der Waals surface area contributed by atoms with Crippen LogP contribution in [0, 0.1) is 0 Å². The number of hydrogen-bond acceptors (Lipinski definition) is 2. The number of benzene rings is 2. The molecule has 2 aliphatic heterocycles. The number of carbonyl (C=O) groups excluding carboxylic acids is 2. The smallest absolute Gasteiger partial charge is 0.253 e. The molecule has 0 spiro atoms. The van der Waals surface area contributed by atoms with Gasteiger partial charge in [-0.2, -0.15) is 0 Å². The van der Waals surface area contributed by atoms with Crippen LogP contribution in [0.25, 0.3) is 11.1 Å². The Balaban J connectivity index is 1.44. The van der Waals surface area contributed by atoms with Gasteiger partial charge < -0.3 is 9.80 Å². The first kappa shape index (κ1) is 18.7. The summed E-state index contributed by atoms with van der Waals surface area (Å²) in [5.41, 5.74) is 3.63. The third-order valence-corrected chi connectivity index (χ3v) is 5.88. The summed E-state index contributed by atoms with van der Waals surface area (Å²) in [6.45, 7) is 3.47. The number of likely N-dealkylation sites (tertiary alicyclic amines) is 2. The standard InChI is InChI=1S/C24H28N2O2/c27-23(25-15-3-1-4-16-25)21-11-7-19(8-12-21)20-9-13-22(14-10-20)24(28)26-17-5-2-6-18-26/h7-14H,1-6,15-18H2. The molecule has 2 heterocycles. The number of amides is 2. The van der Waals surface area contributed by atoms with E-state index in [9.17, 15) is 9.59 Å². The van der Waals surface area contributed by atoms with Crippen LogP contribution in [0.5, 0.6) is 0 Å². The number of piperidine rings is 2. The molecule has 0 saturated carbocycles. The molecule has 2 aromatic carbocycles. The highest BCUT2D eigenvalue weighted by Crippen LogP contribution is 2.23. The first-order valence-electron chi connectivity index (χ1n) is 10.5. The van der Waals surface area contributed by atoms with Gasteiger partial charge >= 0.3 is 0 Å². The summed E-state index contributed by atoms with van der Waals surface area (Å²) in [5.74, 6) is 0.266. The van der Waals surface area contributed by atoms with Gasteiger partial charge in [0.1, 0.15) is 0 Å². The second-order valence-electron chi connectivity index (χ2n) is 7.86. The van der Waals surface area contributed by atoms with Crippen LogP contribution in [0.15, 0.2) is 48.5 Å². The van der Waals surface area contributed by atoms with Gasteiger partial charge in [0.15, 0.2) is 0 Å². The molecule has 0 atom stereocenters. The predicted octanol–water partition coefficient (Wildman–Crippen LogP) is 4.61. The summed E-state index contributed by atoms with van der Waals surface area (Å²) < 4.78 is 0. The maximum absolute atomic E-state index is 12.6. The Morgan fingerprint density at radius 1 is 0.500 bits per heavy atom. The molecular weight excluding hydrogens is 348 g/mol. The minimum absolute atomic E-state index is 0.133. The average molecular weight is 377 g/mol. The molecule has 4 nitrogen and oxygen atoms in total. The van der Waals surface area contributed by atoms with Gasteiger partial charge in [-0.1, -0.05) is 24.3 Å². The molecule has 4 rings (SSSR count). The Morgan fingerprint density at radius 3 is 1.14 bits per heavy atom. The first-order valence-corrected chi connectivity index (χ1v) is 10.5. The molecule has 0 radical (unpaired) electrons. The molecule has 2 aliphatic rings. The molecule has 2 amide bonds. The first-order chi connectivity index (χ1) is 13.7. The normalized spacial score (nSPS) is 17.4. The van der Waals surface area contributed by atoms with Gasteiger partial charge in [-0.05, 0) is 73.9 Å². The maximum Gasteiger partial charge on any atom is 0.253 e. The fourth-order valence-electron chi connectivity index (χ4n) is 4.17. The number of nitrogens with zero attached hydrogens (tertiary/aromatic N) is 2. The van der Waals surface area contributed by atoms with Gasteiger partial charge in [-0.15, -0.1) is 0 Å². The molecule has 28 heavy (non-hydrogen) atoms. The molecular formula is C24H28N2O2. The van der Waals surface area contributed by atoms with Gasteiger partial charge in [-0.25, -0.2) is 0 Å². The van der Waals surface area contributed by atoms with E-state index in [1.165, 1.54) is 12.8 Å². The Kier molecular flexibility index (Phi) is 5.75. The van der Waals surface area contributed by atoms with Crippen molar-refractivity contribution in [3.05, 3.63) is 59.7 Å². The Labute approximate surface area is 167 Å². The molecule has 2 saturated heterocycles. The van der Waals surface area contributed by atoms with Gasteiger partial charge in [0.2, 0.25) is 0 Å². The van der Waals surface area contributed by atoms with Crippen molar-refractivity contribution in [2.24, 2.45) is 0 Å². The highest BCUT2D eigenvalue weighted by atomic mass is 16.2. The average Bonchev–Trinajstić information content (AvgIpc) is 2.79. The van der Waals surface area contributed by atoms with Crippen LogP contribution in [-0.2, 0) is 0 Å². The van der Waals surface area contributed by atoms with E-state index in [0.29, 0.717) is 0 Å². The zero-order valence-electron chi connectivity index (χ0n) is 16.4. The number of carbonyl (C=O) groups is 2. The summed E-state index contributed by atoms with van der Waals surface area (Å²) in [4.78, 5) is 29.1. The van der Waals surface area contributed by atoms with Crippen molar-refractivity contribution < 1.29 is 9.59 Å². The van der Waals surface area contributed by atoms with Gasteiger partial charge in [0, 0.05) is 37.3 Å². The zero-order chi connectivity index (χ0) is 19.3. The third-order valence-electron chi connectivity index (χ3n) is 5.88. The topological polar surface area (TPSA) is 40.6 Å². The molecule has 0 N–H and O–H groups in total. The molecule has 0 aromatic heterocycles. The third kappa shape index (κ3) is 4.11. The Morgan fingerprint density at radius 2 is 0.821 bits per heavy atom.